The molecule has 1 aliphatic rings. The van der Waals surface area contributed by atoms with E-state index in [9.17, 15) is 8.42 Å². The van der Waals surface area contributed by atoms with E-state index in [-0.39, 0.29) is 5.03 Å². The molecule has 3 rings (SSSR count). The van der Waals surface area contributed by atoms with Crippen LogP contribution in [-0.4, -0.2) is 42.9 Å². The van der Waals surface area contributed by atoms with Gasteiger partial charge in [-0.1, -0.05) is 6.42 Å². The van der Waals surface area contributed by atoms with Gasteiger partial charge in [0.2, 0.25) is 5.03 Å². The molecule has 0 unspecified atom stereocenters. The predicted octanol–water partition coefficient (Wildman–Crippen LogP) is 1.12. The fourth-order valence-corrected chi connectivity index (χ4v) is 4.57. The molecule has 0 aliphatic carbocycles. The van der Waals surface area contributed by atoms with Crippen LogP contribution in [0.15, 0.2) is 16.6 Å². The maximum atomic E-state index is 12.6. The quantitative estimate of drug-likeness (QED) is 0.884. The van der Waals surface area contributed by atoms with Crippen LogP contribution in [0.1, 0.15) is 19.3 Å². The Kier molecular flexibility index (Phi) is 3.67. The Morgan fingerprint density at radius 1 is 1.30 bits per heavy atom. The van der Waals surface area contributed by atoms with Crippen LogP contribution >= 0.6 is 11.3 Å². The summed E-state index contributed by atoms with van der Waals surface area (Å²) < 4.78 is 26.8. The Morgan fingerprint density at radius 3 is 2.75 bits per heavy atom. The highest BCUT2D eigenvalue weighted by molar-refractivity contribution is 7.89. The molecule has 2 aromatic heterocycles. The SMILES string of the molecule is CNc1nc2sccn2c1S(=O)(=O)NN1CCCCC1. The van der Waals surface area contributed by atoms with Crippen molar-refractivity contribution < 1.29 is 8.42 Å². The molecule has 0 atom stereocenters. The number of piperidine rings is 1. The number of nitrogens with zero attached hydrogens (tertiary/aromatic N) is 3. The summed E-state index contributed by atoms with van der Waals surface area (Å²) in [6, 6.07) is 0. The molecular formula is C11H17N5O2S2. The Morgan fingerprint density at radius 2 is 2.05 bits per heavy atom. The lowest BCUT2D eigenvalue weighted by atomic mass is 10.2. The minimum absolute atomic E-state index is 0.168. The maximum Gasteiger partial charge on any atom is 0.273 e. The van der Waals surface area contributed by atoms with Crippen molar-refractivity contribution in [1.29, 1.82) is 0 Å². The van der Waals surface area contributed by atoms with Crippen LogP contribution in [0.25, 0.3) is 4.96 Å². The van der Waals surface area contributed by atoms with E-state index in [0.29, 0.717) is 10.8 Å². The highest BCUT2D eigenvalue weighted by Crippen LogP contribution is 2.25. The van der Waals surface area contributed by atoms with E-state index in [0.717, 1.165) is 32.4 Å². The molecule has 0 amide bonds. The monoisotopic (exact) mass is 315 g/mol. The molecule has 2 aromatic rings. The summed E-state index contributed by atoms with van der Waals surface area (Å²) in [6.07, 6.45) is 4.91. The first-order valence-corrected chi connectivity index (χ1v) is 8.89. The first kappa shape index (κ1) is 13.8. The number of fused-ring (bicyclic) bond motifs is 1. The summed E-state index contributed by atoms with van der Waals surface area (Å²) in [5, 5.41) is 6.61. The number of nitrogens with one attached hydrogen (secondary N) is 2. The minimum atomic E-state index is -3.64. The van der Waals surface area contributed by atoms with E-state index >= 15 is 0 Å². The Hall–Kier alpha value is -1.16. The molecule has 0 radical (unpaired) electrons. The molecule has 7 nitrogen and oxygen atoms in total. The van der Waals surface area contributed by atoms with E-state index in [1.807, 2.05) is 5.38 Å². The average molecular weight is 315 g/mol. The molecule has 1 fully saturated rings. The molecule has 0 spiro atoms. The normalized spacial score (nSPS) is 17.6. The zero-order chi connectivity index (χ0) is 14.2. The number of anilines is 1. The highest BCUT2D eigenvalue weighted by Gasteiger charge is 2.27. The van der Waals surface area contributed by atoms with Gasteiger partial charge in [0.25, 0.3) is 10.0 Å². The number of rotatable bonds is 4. The number of thiazole rings is 1. The molecule has 2 N–H and O–H groups in total. The van der Waals surface area contributed by atoms with Crippen LogP contribution in [0.2, 0.25) is 0 Å². The molecule has 9 heteroatoms. The van der Waals surface area contributed by atoms with Crippen molar-refractivity contribution in [3.63, 3.8) is 0 Å². The first-order chi connectivity index (χ1) is 9.62. The lowest BCUT2D eigenvalue weighted by Crippen LogP contribution is -2.45. The Labute approximate surface area is 121 Å². The lowest BCUT2D eigenvalue weighted by molar-refractivity contribution is 0.199. The van der Waals surface area contributed by atoms with Crippen LogP contribution in [0, 0.1) is 0 Å². The molecule has 0 saturated carbocycles. The average Bonchev–Trinajstić information content (AvgIpc) is 2.98. The van der Waals surface area contributed by atoms with Crippen LogP contribution in [0.4, 0.5) is 5.82 Å². The van der Waals surface area contributed by atoms with Gasteiger partial charge in [0, 0.05) is 31.7 Å². The number of hydrazine groups is 1. The van der Waals surface area contributed by atoms with Gasteiger partial charge in [-0.2, -0.15) is 0 Å². The van der Waals surface area contributed by atoms with Crippen LogP contribution in [0.5, 0.6) is 0 Å². The number of aromatic nitrogens is 2. The van der Waals surface area contributed by atoms with Crippen molar-refractivity contribution in [2.75, 3.05) is 25.5 Å². The number of hydrogen-bond acceptors (Lipinski definition) is 6. The van der Waals surface area contributed by atoms with Crippen molar-refractivity contribution in [2.45, 2.75) is 24.3 Å². The van der Waals surface area contributed by atoms with Crippen LogP contribution in [0.3, 0.4) is 0 Å². The largest absolute Gasteiger partial charge is 0.371 e. The van der Waals surface area contributed by atoms with Crippen LogP contribution < -0.4 is 10.1 Å². The first-order valence-electron chi connectivity index (χ1n) is 6.52. The lowest BCUT2D eigenvalue weighted by Gasteiger charge is -2.26. The zero-order valence-electron chi connectivity index (χ0n) is 11.2. The second kappa shape index (κ2) is 5.32. The van der Waals surface area contributed by atoms with Crippen molar-refractivity contribution in [3.05, 3.63) is 11.6 Å². The van der Waals surface area contributed by atoms with Crippen molar-refractivity contribution >= 4 is 32.1 Å². The molecule has 0 aromatic carbocycles. The van der Waals surface area contributed by atoms with Gasteiger partial charge in [-0.3, -0.25) is 4.40 Å². The Bertz CT molecular complexity index is 700. The number of sulfonamides is 1. The van der Waals surface area contributed by atoms with Crippen LogP contribution in [-0.2, 0) is 10.0 Å². The van der Waals surface area contributed by atoms with Gasteiger partial charge in [0.1, 0.15) is 0 Å². The van der Waals surface area contributed by atoms with Gasteiger partial charge in [0.15, 0.2) is 10.8 Å². The summed E-state index contributed by atoms with van der Waals surface area (Å²) in [5.41, 5.74) is 0. The second-order valence-corrected chi connectivity index (χ2v) is 7.16. The summed E-state index contributed by atoms with van der Waals surface area (Å²) in [5.74, 6) is 0.376. The third-order valence-corrected chi connectivity index (χ3v) is 5.47. The summed E-state index contributed by atoms with van der Waals surface area (Å²) in [4.78, 5) is 7.61. The molecule has 0 bridgehead atoms. The summed E-state index contributed by atoms with van der Waals surface area (Å²) in [7, 11) is -1.96. The molecule has 1 saturated heterocycles. The fourth-order valence-electron chi connectivity index (χ4n) is 2.38. The van der Waals surface area contributed by atoms with E-state index < -0.39 is 10.0 Å². The molecule has 1 aliphatic heterocycles. The summed E-state index contributed by atoms with van der Waals surface area (Å²) in [6.45, 7) is 1.50. The maximum absolute atomic E-state index is 12.6. The second-order valence-electron chi connectivity index (χ2n) is 4.71. The number of imidazole rings is 1. The fraction of sp³-hybridized carbons (Fsp3) is 0.545. The molecule has 110 valence electrons. The van der Waals surface area contributed by atoms with Gasteiger partial charge < -0.3 is 5.32 Å². The Balaban J connectivity index is 1.97. The van der Waals surface area contributed by atoms with E-state index in [1.54, 1.807) is 22.7 Å². The van der Waals surface area contributed by atoms with Crippen molar-refractivity contribution in [1.82, 2.24) is 19.2 Å². The summed E-state index contributed by atoms with van der Waals surface area (Å²) >= 11 is 1.41. The van der Waals surface area contributed by atoms with Crippen molar-refractivity contribution in [2.24, 2.45) is 0 Å². The zero-order valence-corrected chi connectivity index (χ0v) is 12.8. The van der Waals surface area contributed by atoms with Gasteiger partial charge in [-0.15, -0.1) is 16.2 Å². The highest BCUT2D eigenvalue weighted by atomic mass is 32.2. The van der Waals surface area contributed by atoms with Crippen molar-refractivity contribution in [3.8, 4) is 0 Å². The van der Waals surface area contributed by atoms with Gasteiger partial charge in [-0.25, -0.2) is 18.4 Å². The standard InChI is InChI=1S/C11H17N5O2S2/c1-12-9-10(16-7-8-19-11(16)13-9)20(17,18)14-15-5-3-2-4-6-15/h7-8,12,14H,2-6H2,1H3. The third-order valence-electron chi connectivity index (χ3n) is 3.31. The smallest absolute Gasteiger partial charge is 0.273 e. The minimum Gasteiger partial charge on any atom is -0.371 e. The van der Waals surface area contributed by atoms with Gasteiger partial charge in [0.05, 0.1) is 0 Å². The van der Waals surface area contributed by atoms with Gasteiger partial charge in [-0.05, 0) is 12.8 Å². The third kappa shape index (κ3) is 2.41. The predicted molar refractivity (Wildman–Crippen MR) is 78.4 cm³/mol. The molecule has 3 heterocycles. The molecule has 20 heavy (non-hydrogen) atoms. The number of hydrogen-bond donors (Lipinski definition) is 2. The molecular weight excluding hydrogens is 298 g/mol. The van der Waals surface area contributed by atoms with E-state index in [1.165, 1.54) is 11.3 Å². The van der Waals surface area contributed by atoms with E-state index in [4.69, 9.17) is 0 Å². The van der Waals surface area contributed by atoms with Gasteiger partial charge >= 0.3 is 0 Å². The topological polar surface area (TPSA) is 78.7 Å². The van der Waals surface area contributed by atoms with E-state index in [2.05, 4.69) is 15.1 Å².